The van der Waals surface area contributed by atoms with Gasteiger partial charge in [-0.3, -0.25) is 4.79 Å². The van der Waals surface area contributed by atoms with Crippen LogP contribution in [-0.2, 0) is 17.8 Å². The number of carbonyl (C=O) groups is 1. The third-order valence-electron chi connectivity index (χ3n) is 5.15. The second kappa shape index (κ2) is 10.3. The Hall–Kier alpha value is -3.12. The Labute approximate surface area is 187 Å². The normalized spacial score (nSPS) is 12.4. The molecule has 1 aliphatic rings. The van der Waals surface area contributed by atoms with Gasteiger partial charge in [0.25, 0.3) is 0 Å². The number of ether oxygens (including phenoxy) is 2. The van der Waals surface area contributed by atoms with Crippen LogP contribution in [0.2, 0.25) is 0 Å². The van der Waals surface area contributed by atoms with Crippen LogP contribution in [0.4, 0.5) is 11.4 Å². The number of anilines is 2. The lowest BCUT2D eigenvalue weighted by atomic mass is 10.1. The third-order valence-corrected chi connectivity index (χ3v) is 6.11. The van der Waals surface area contributed by atoms with Gasteiger partial charge in [-0.2, -0.15) is 0 Å². The summed E-state index contributed by atoms with van der Waals surface area (Å²) >= 11 is 1.61. The molecule has 0 saturated heterocycles. The van der Waals surface area contributed by atoms with Crippen LogP contribution in [0.3, 0.4) is 0 Å². The number of fused-ring (bicyclic) bond motifs is 1. The molecule has 0 radical (unpaired) electrons. The molecule has 3 aromatic rings. The molecule has 0 atom stereocenters. The summed E-state index contributed by atoms with van der Waals surface area (Å²) in [5, 5.41) is 2.92. The number of carbonyl (C=O) groups excluding carboxylic acids is 1. The monoisotopic (exact) mass is 434 g/mol. The maximum atomic E-state index is 12.3. The number of thioether (sulfide) groups is 1. The summed E-state index contributed by atoms with van der Waals surface area (Å²) in [4.78, 5) is 14.6. The van der Waals surface area contributed by atoms with Crippen molar-refractivity contribution in [2.75, 3.05) is 35.5 Å². The van der Waals surface area contributed by atoms with Gasteiger partial charge in [0.1, 0.15) is 18.1 Å². The highest BCUT2D eigenvalue weighted by Crippen LogP contribution is 2.32. The first-order chi connectivity index (χ1) is 15.2. The van der Waals surface area contributed by atoms with Gasteiger partial charge >= 0.3 is 0 Å². The number of para-hydroxylation sites is 2. The van der Waals surface area contributed by atoms with Crippen LogP contribution in [0.25, 0.3) is 0 Å². The summed E-state index contributed by atoms with van der Waals surface area (Å²) in [7, 11) is 1.60. The molecule has 6 heteroatoms. The quantitative estimate of drug-likeness (QED) is 0.516. The molecule has 1 aliphatic heterocycles. The van der Waals surface area contributed by atoms with Crippen molar-refractivity contribution >= 4 is 29.0 Å². The molecule has 160 valence electrons. The SMILES string of the molecule is COc1ccccc1NC(=O)CSCN1CCc2cc(OCc3ccccc3)ccc21. The van der Waals surface area contributed by atoms with E-state index >= 15 is 0 Å². The molecule has 4 rings (SSSR count). The molecule has 0 spiro atoms. The van der Waals surface area contributed by atoms with E-state index in [9.17, 15) is 4.79 Å². The molecule has 1 heterocycles. The number of methoxy groups -OCH3 is 1. The zero-order valence-corrected chi connectivity index (χ0v) is 18.4. The van der Waals surface area contributed by atoms with Crippen LogP contribution >= 0.6 is 11.8 Å². The second-order valence-electron chi connectivity index (χ2n) is 7.30. The third kappa shape index (κ3) is 5.52. The maximum absolute atomic E-state index is 12.3. The largest absolute Gasteiger partial charge is 0.495 e. The van der Waals surface area contributed by atoms with Crippen LogP contribution in [0, 0.1) is 0 Å². The van der Waals surface area contributed by atoms with Crippen molar-refractivity contribution in [3.63, 3.8) is 0 Å². The van der Waals surface area contributed by atoms with Crippen molar-refractivity contribution in [1.29, 1.82) is 0 Å². The predicted molar refractivity (Wildman–Crippen MR) is 127 cm³/mol. The van der Waals surface area contributed by atoms with Gasteiger partial charge < -0.3 is 19.7 Å². The molecule has 0 unspecified atom stereocenters. The first-order valence-corrected chi connectivity index (χ1v) is 11.4. The van der Waals surface area contributed by atoms with E-state index in [4.69, 9.17) is 9.47 Å². The summed E-state index contributed by atoms with van der Waals surface area (Å²) in [6.07, 6.45) is 0.992. The van der Waals surface area contributed by atoms with E-state index < -0.39 is 0 Å². The molecule has 3 aromatic carbocycles. The average molecular weight is 435 g/mol. The minimum Gasteiger partial charge on any atom is -0.495 e. The number of amides is 1. The molecule has 31 heavy (non-hydrogen) atoms. The summed E-state index contributed by atoms with van der Waals surface area (Å²) in [5.74, 6) is 2.70. The molecular weight excluding hydrogens is 408 g/mol. The second-order valence-corrected chi connectivity index (χ2v) is 8.26. The van der Waals surface area contributed by atoms with Gasteiger partial charge in [-0.05, 0) is 47.9 Å². The summed E-state index contributed by atoms with van der Waals surface area (Å²) in [5.41, 5.74) is 4.38. The van der Waals surface area contributed by atoms with E-state index in [2.05, 4.69) is 34.5 Å². The lowest BCUT2D eigenvalue weighted by Gasteiger charge is -2.19. The van der Waals surface area contributed by atoms with E-state index in [0.717, 1.165) is 30.2 Å². The van der Waals surface area contributed by atoms with Crippen molar-refractivity contribution in [3.8, 4) is 11.5 Å². The zero-order chi connectivity index (χ0) is 21.5. The first-order valence-electron chi connectivity index (χ1n) is 10.3. The number of nitrogens with zero attached hydrogens (tertiary/aromatic N) is 1. The van der Waals surface area contributed by atoms with Gasteiger partial charge in [-0.25, -0.2) is 0 Å². The Kier molecular flexibility index (Phi) is 6.99. The van der Waals surface area contributed by atoms with Crippen molar-refractivity contribution in [2.24, 2.45) is 0 Å². The molecule has 0 fully saturated rings. The van der Waals surface area contributed by atoms with Crippen molar-refractivity contribution in [2.45, 2.75) is 13.0 Å². The molecule has 5 nitrogen and oxygen atoms in total. The van der Waals surface area contributed by atoms with E-state index in [-0.39, 0.29) is 5.91 Å². The molecule has 0 bridgehead atoms. The lowest BCUT2D eigenvalue weighted by Crippen LogP contribution is -2.22. The summed E-state index contributed by atoms with van der Waals surface area (Å²) < 4.78 is 11.2. The standard InChI is InChI=1S/C25H26N2O3S/c1-29-24-10-6-5-9-22(24)26-25(28)17-31-18-27-14-13-20-15-21(11-12-23(20)27)30-16-19-7-3-2-4-8-19/h2-12,15H,13-14,16-18H2,1H3,(H,26,28). The minimum atomic E-state index is -0.0291. The number of rotatable bonds is 9. The van der Waals surface area contributed by atoms with Gasteiger partial charge in [0.05, 0.1) is 24.4 Å². The Morgan fingerprint density at radius 2 is 1.87 bits per heavy atom. The van der Waals surface area contributed by atoms with Crippen molar-refractivity contribution < 1.29 is 14.3 Å². The number of benzene rings is 3. The van der Waals surface area contributed by atoms with Gasteiger partial charge in [-0.15, -0.1) is 11.8 Å². The molecule has 0 aromatic heterocycles. The Balaban J connectivity index is 1.26. The van der Waals surface area contributed by atoms with Crippen LogP contribution in [-0.4, -0.2) is 31.2 Å². The topological polar surface area (TPSA) is 50.8 Å². The van der Waals surface area contributed by atoms with Gasteiger partial charge in [0.15, 0.2) is 0 Å². The highest BCUT2D eigenvalue weighted by Gasteiger charge is 2.20. The Morgan fingerprint density at radius 1 is 1.06 bits per heavy atom. The number of hydrogen-bond donors (Lipinski definition) is 1. The molecule has 0 saturated carbocycles. The van der Waals surface area contributed by atoms with Crippen LogP contribution < -0.4 is 19.7 Å². The smallest absolute Gasteiger partial charge is 0.234 e. The van der Waals surface area contributed by atoms with Crippen molar-refractivity contribution in [1.82, 2.24) is 0 Å². The first kappa shape index (κ1) is 21.1. The molecule has 0 aliphatic carbocycles. The van der Waals surface area contributed by atoms with E-state index in [1.165, 1.54) is 11.3 Å². The maximum Gasteiger partial charge on any atom is 0.234 e. The minimum absolute atomic E-state index is 0.0291. The number of nitrogens with one attached hydrogen (secondary N) is 1. The molecule has 1 amide bonds. The van der Waals surface area contributed by atoms with Gasteiger partial charge in [0, 0.05) is 12.2 Å². The fourth-order valence-corrected chi connectivity index (χ4v) is 4.43. The fraction of sp³-hybridized carbons (Fsp3) is 0.240. The fourth-order valence-electron chi connectivity index (χ4n) is 3.59. The summed E-state index contributed by atoms with van der Waals surface area (Å²) in [6.45, 7) is 1.53. The predicted octanol–water partition coefficient (Wildman–Crippen LogP) is 4.97. The average Bonchev–Trinajstić information content (AvgIpc) is 3.21. The Bertz CT molecular complexity index is 1030. The van der Waals surface area contributed by atoms with Gasteiger partial charge in [0.2, 0.25) is 5.91 Å². The van der Waals surface area contributed by atoms with Crippen LogP contribution in [0.5, 0.6) is 11.5 Å². The Morgan fingerprint density at radius 3 is 2.71 bits per heavy atom. The van der Waals surface area contributed by atoms with E-state index in [0.29, 0.717) is 23.8 Å². The van der Waals surface area contributed by atoms with Gasteiger partial charge in [-0.1, -0.05) is 42.5 Å². The van der Waals surface area contributed by atoms with Crippen molar-refractivity contribution in [3.05, 3.63) is 83.9 Å². The van der Waals surface area contributed by atoms with E-state index in [1.807, 2.05) is 48.5 Å². The lowest BCUT2D eigenvalue weighted by molar-refractivity contribution is -0.113. The molecular formula is C25H26N2O3S. The number of hydrogen-bond acceptors (Lipinski definition) is 5. The zero-order valence-electron chi connectivity index (χ0n) is 17.5. The van der Waals surface area contributed by atoms with Crippen LogP contribution in [0.15, 0.2) is 72.8 Å². The highest BCUT2D eigenvalue weighted by molar-refractivity contribution is 8.00. The molecule has 1 N–H and O–H groups in total. The van der Waals surface area contributed by atoms with Crippen LogP contribution in [0.1, 0.15) is 11.1 Å². The van der Waals surface area contributed by atoms with E-state index in [1.54, 1.807) is 18.9 Å². The summed E-state index contributed by atoms with van der Waals surface area (Å²) in [6, 6.07) is 23.9. The highest BCUT2D eigenvalue weighted by atomic mass is 32.2.